The van der Waals surface area contributed by atoms with Crippen molar-refractivity contribution in [3.63, 3.8) is 0 Å². The number of nitrogens with one attached hydrogen (secondary N) is 1. The minimum Gasteiger partial charge on any atom is -0.494 e. The van der Waals surface area contributed by atoms with Crippen molar-refractivity contribution in [3.05, 3.63) is 23.8 Å². The molecule has 0 aliphatic rings. The van der Waals surface area contributed by atoms with Gasteiger partial charge in [-0.05, 0) is 12.1 Å². The highest BCUT2D eigenvalue weighted by atomic mass is 16.5. The van der Waals surface area contributed by atoms with Gasteiger partial charge in [0.15, 0.2) is 5.75 Å². The van der Waals surface area contributed by atoms with Crippen molar-refractivity contribution in [2.75, 3.05) is 19.9 Å². The van der Waals surface area contributed by atoms with Crippen molar-refractivity contribution in [1.29, 1.82) is 0 Å². The zero-order chi connectivity index (χ0) is 9.84. The quantitative estimate of drug-likeness (QED) is 0.656. The lowest BCUT2D eigenvalue weighted by atomic mass is 10.1. The van der Waals surface area contributed by atoms with Crippen LogP contribution in [0.5, 0.6) is 5.75 Å². The van der Waals surface area contributed by atoms with Crippen LogP contribution in [-0.4, -0.2) is 20.1 Å². The Morgan fingerprint density at radius 2 is 2.23 bits per heavy atom. The van der Waals surface area contributed by atoms with Crippen LogP contribution in [0.4, 0.5) is 5.69 Å². The number of nitrogens with two attached hydrogens (primary N) is 1. The fourth-order valence-corrected chi connectivity index (χ4v) is 1.10. The molecule has 0 aliphatic heterocycles. The van der Waals surface area contributed by atoms with Crippen LogP contribution in [0.25, 0.3) is 0 Å². The Labute approximate surface area is 76.7 Å². The predicted molar refractivity (Wildman–Crippen MR) is 50.8 cm³/mol. The number of nitrogen functional groups attached to an aromatic ring is 1. The number of carbonyl (C=O) groups excluding carboxylic acids is 1. The van der Waals surface area contributed by atoms with Gasteiger partial charge in [0.25, 0.3) is 5.91 Å². The minimum absolute atomic E-state index is 0.204. The molecule has 0 atom stereocenters. The van der Waals surface area contributed by atoms with Crippen molar-refractivity contribution in [2.24, 2.45) is 0 Å². The van der Waals surface area contributed by atoms with E-state index in [4.69, 9.17) is 10.5 Å². The molecule has 4 nitrogen and oxygen atoms in total. The van der Waals surface area contributed by atoms with Crippen LogP contribution in [0.15, 0.2) is 18.2 Å². The zero-order valence-electron chi connectivity index (χ0n) is 7.63. The number of hydrogen-bond donors (Lipinski definition) is 2. The first-order chi connectivity index (χ1) is 6.20. The molecular weight excluding hydrogens is 168 g/mol. The zero-order valence-corrected chi connectivity index (χ0v) is 7.63. The molecule has 1 aromatic carbocycles. The number of amides is 1. The highest BCUT2D eigenvalue weighted by molar-refractivity contribution is 5.98. The van der Waals surface area contributed by atoms with Gasteiger partial charge in [-0.3, -0.25) is 4.79 Å². The van der Waals surface area contributed by atoms with Crippen molar-refractivity contribution in [3.8, 4) is 5.75 Å². The first kappa shape index (κ1) is 9.38. The van der Waals surface area contributed by atoms with E-state index in [1.165, 1.54) is 7.11 Å². The third kappa shape index (κ3) is 1.72. The highest BCUT2D eigenvalue weighted by Gasteiger charge is 2.11. The van der Waals surface area contributed by atoms with Crippen LogP contribution in [0, 0.1) is 0 Å². The summed E-state index contributed by atoms with van der Waals surface area (Å²) in [5.41, 5.74) is 6.53. The summed E-state index contributed by atoms with van der Waals surface area (Å²) in [6, 6.07) is 5.06. The topological polar surface area (TPSA) is 64.4 Å². The van der Waals surface area contributed by atoms with E-state index >= 15 is 0 Å². The minimum atomic E-state index is -0.204. The van der Waals surface area contributed by atoms with E-state index in [0.717, 1.165) is 0 Å². The molecule has 0 aromatic heterocycles. The Bertz CT molecular complexity index is 323. The monoisotopic (exact) mass is 180 g/mol. The molecule has 0 fully saturated rings. The number of ether oxygens (including phenoxy) is 1. The molecule has 4 heteroatoms. The normalized spacial score (nSPS) is 9.38. The molecular formula is C9H12N2O2. The molecule has 0 aliphatic carbocycles. The van der Waals surface area contributed by atoms with Gasteiger partial charge in [-0.1, -0.05) is 6.07 Å². The van der Waals surface area contributed by atoms with Gasteiger partial charge in [0.05, 0.1) is 18.4 Å². The summed E-state index contributed by atoms with van der Waals surface area (Å²) in [6.45, 7) is 0. The Morgan fingerprint density at radius 1 is 1.54 bits per heavy atom. The van der Waals surface area contributed by atoms with Crippen LogP contribution < -0.4 is 15.8 Å². The van der Waals surface area contributed by atoms with E-state index in [1.54, 1.807) is 25.2 Å². The average Bonchev–Trinajstić information content (AvgIpc) is 2.16. The highest BCUT2D eigenvalue weighted by Crippen LogP contribution is 2.25. The molecule has 70 valence electrons. The van der Waals surface area contributed by atoms with Crippen LogP contribution in [0.1, 0.15) is 10.4 Å². The van der Waals surface area contributed by atoms with Crippen molar-refractivity contribution >= 4 is 11.6 Å². The maximum absolute atomic E-state index is 11.3. The summed E-state index contributed by atoms with van der Waals surface area (Å²) in [7, 11) is 3.04. The second kappa shape index (κ2) is 3.80. The predicted octanol–water partition coefficient (Wildman–Crippen LogP) is 0.637. The van der Waals surface area contributed by atoms with Crippen molar-refractivity contribution in [1.82, 2.24) is 5.32 Å². The van der Waals surface area contributed by atoms with E-state index in [0.29, 0.717) is 17.0 Å². The van der Waals surface area contributed by atoms with Gasteiger partial charge in [-0.25, -0.2) is 0 Å². The Morgan fingerprint density at radius 3 is 2.77 bits per heavy atom. The number of methoxy groups -OCH3 is 1. The maximum atomic E-state index is 11.3. The number of hydrogen-bond acceptors (Lipinski definition) is 3. The molecule has 13 heavy (non-hydrogen) atoms. The van der Waals surface area contributed by atoms with Gasteiger partial charge in [-0.2, -0.15) is 0 Å². The summed E-state index contributed by atoms with van der Waals surface area (Å²) in [5, 5.41) is 2.51. The first-order valence-corrected chi connectivity index (χ1v) is 3.85. The van der Waals surface area contributed by atoms with Crippen LogP contribution in [-0.2, 0) is 0 Å². The fourth-order valence-electron chi connectivity index (χ4n) is 1.10. The van der Waals surface area contributed by atoms with Crippen LogP contribution >= 0.6 is 0 Å². The summed E-state index contributed by atoms with van der Waals surface area (Å²) in [5.74, 6) is 0.214. The van der Waals surface area contributed by atoms with Gasteiger partial charge >= 0.3 is 0 Å². The van der Waals surface area contributed by atoms with E-state index in [9.17, 15) is 4.79 Å². The van der Waals surface area contributed by atoms with Crippen LogP contribution in [0.2, 0.25) is 0 Å². The largest absolute Gasteiger partial charge is 0.494 e. The Kier molecular flexibility index (Phi) is 2.74. The second-order valence-corrected chi connectivity index (χ2v) is 2.51. The molecule has 0 unspecified atom stereocenters. The fraction of sp³-hybridized carbons (Fsp3) is 0.222. The standard InChI is InChI=1S/C9H12N2O2/c1-11-9(12)6-4-3-5-7(10)8(6)13-2/h3-5H,10H2,1-2H3,(H,11,12). The third-order valence-corrected chi connectivity index (χ3v) is 1.72. The van der Waals surface area contributed by atoms with Crippen LogP contribution in [0.3, 0.4) is 0 Å². The second-order valence-electron chi connectivity index (χ2n) is 2.51. The molecule has 1 rings (SSSR count). The van der Waals surface area contributed by atoms with E-state index < -0.39 is 0 Å². The number of rotatable bonds is 2. The number of anilines is 1. The first-order valence-electron chi connectivity index (χ1n) is 3.85. The summed E-state index contributed by atoms with van der Waals surface area (Å²) in [6.07, 6.45) is 0. The maximum Gasteiger partial charge on any atom is 0.254 e. The third-order valence-electron chi connectivity index (χ3n) is 1.72. The van der Waals surface area contributed by atoms with Gasteiger partial charge in [0, 0.05) is 7.05 Å². The van der Waals surface area contributed by atoms with Crippen molar-refractivity contribution < 1.29 is 9.53 Å². The van der Waals surface area contributed by atoms with E-state index in [2.05, 4.69) is 5.32 Å². The number of para-hydroxylation sites is 1. The lowest BCUT2D eigenvalue weighted by Gasteiger charge is -2.08. The molecule has 0 radical (unpaired) electrons. The molecule has 1 amide bonds. The molecule has 0 bridgehead atoms. The van der Waals surface area contributed by atoms with E-state index in [1.807, 2.05) is 0 Å². The smallest absolute Gasteiger partial charge is 0.254 e. The van der Waals surface area contributed by atoms with Gasteiger partial charge in [0.2, 0.25) is 0 Å². The molecule has 0 saturated heterocycles. The summed E-state index contributed by atoms with van der Waals surface area (Å²) >= 11 is 0. The summed E-state index contributed by atoms with van der Waals surface area (Å²) < 4.78 is 5.01. The average molecular weight is 180 g/mol. The summed E-state index contributed by atoms with van der Waals surface area (Å²) in [4.78, 5) is 11.3. The Hall–Kier alpha value is -1.71. The SMILES string of the molecule is CNC(=O)c1cccc(N)c1OC. The van der Waals surface area contributed by atoms with Gasteiger partial charge < -0.3 is 15.8 Å². The molecule has 0 spiro atoms. The number of benzene rings is 1. The molecule has 1 aromatic rings. The number of carbonyl (C=O) groups is 1. The lowest BCUT2D eigenvalue weighted by molar-refractivity contribution is 0.0960. The molecule has 3 N–H and O–H groups in total. The van der Waals surface area contributed by atoms with Gasteiger partial charge in [0.1, 0.15) is 0 Å². The van der Waals surface area contributed by atoms with Crippen molar-refractivity contribution in [2.45, 2.75) is 0 Å². The molecule has 0 saturated carbocycles. The molecule has 0 heterocycles. The lowest BCUT2D eigenvalue weighted by Crippen LogP contribution is -2.19. The van der Waals surface area contributed by atoms with Gasteiger partial charge in [-0.15, -0.1) is 0 Å². The Balaban J connectivity index is 3.20. The van der Waals surface area contributed by atoms with E-state index in [-0.39, 0.29) is 5.91 Å².